The molecule has 5 nitrogen and oxygen atoms in total. The van der Waals surface area contributed by atoms with Gasteiger partial charge in [0.1, 0.15) is 0 Å². The second-order valence-corrected chi connectivity index (χ2v) is 7.22. The largest absolute Gasteiger partial charge is 0.374 e. The van der Waals surface area contributed by atoms with E-state index >= 15 is 0 Å². The molecule has 25 heavy (non-hydrogen) atoms. The Hall–Kier alpha value is -1.59. The van der Waals surface area contributed by atoms with Crippen LogP contribution in [-0.2, 0) is 11.2 Å². The van der Waals surface area contributed by atoms with Gasteiger partial charge in [-0.05, 0) is 37.4 Å². The predicted molar refractivity (Wildman–Crippen MR) is 99.7 cm³/mol. The van der Waals surface area contributed by atoms with Crippen molar-refractivity contribution in [2.75, 3.05) is 45.9 Å². The number of rotatable bonds is 5. The van der Waals surface area contributed by atoms with E-state index in [9.17, 15) is 4.79 Å². The SMILES string of the molecule is CCN1CCC[C@@H](CNC(=O)N2CCO[C@H](Cc3ccccc3)C2)C1. The maximum Gasteiger partial charge on any atom is 0.317 e. The fourth-order valence-corrected chi connectivity index (χ4v) is 3.85. The maximum absolute atomic E-state index is 12.5. The molecule has 2 heterocycles. The van der Waals surface area contributed by atoms with Crippen LogP contribution in [0, 0.1) is 5.92 Å². The zero-order valence-electron chi connectivity index (χ0n) is 15.3. The number of carbonyl (C=O) groups excluding carboxylic acids is 1. The summed E-state index contributed by atoms with van der Waals surface area (Å²) in [4.78, 5) is 16.9. The summed E-state index contributed by atoms with van der Waals surface area (Å²) in [5, 5.41) is 3.16. The Bertz CT molecular complexity index is 537. The van der Waals surface area contributed by atoms with Gasteiger partial charge in [0.05, 0.1) is 12.7 Å². The minimum Gasteiger partial charge on any atom is -0.374 e. The lowest BCUT2D eigenvalue weighted by Gasteiger charge is -2.35. The third-order valence-corrected chi connectivity index (χ3v) is 5.32. The van der Waals surface area contributed by atoms with Gasteiger partial charge >= 0.3 is 6.03 Å². The van der Waals surface area contributed by atoms with Crippen LogP contribution in [0.15, 0.2) is 30.3 Å². The quantitative estimate of drug-likeness (QED) is 0.891. The highest BCUT2D eigenvalue weighted by Gasteiger charge is 2.25. The molecule has 2 amide bonds. The van der Waals surface area contributed by atoms with Crippen LogP contribution < -0.4 is 5.32 Å². The van der Waals surface area contributed by atoms with Crippen molar-refractivity contribution < 1.29 is 9.53 Å². The number of nitrogens with one attached hydrogen (secondary N) is 1. The average Bonchev–Trinajstić information content (AvgIpc) is 2.67. The monoisotopic (exact) mass is 345 g/mol. The Labute approximate surface area is 151 Å². The Kier molecular flexibility index (Phi) is 6.70. The highest BCUT2D eigenvalue weighted by atomic mass is 16.5. The summed E-state index contributed by atoms with van der Waals surface area (Å²) in [5.41, 5.74) is 1.26. The lowest BCUT2D eigenvalue weighted by Crippen LogP contribution is -2.51. The topological polar surface area (TPSA) is 44.8 Å². The summed E-state index contributed by atoms with van der Waals surface area (Å²) in [6.45, 7) is 8.39. The van der Waals surface area contributed by atoms with Crippen LogP contribution in [0.4, 0.5) is 4.79 Å². The lowest BCUT2D eigenvalue weighted by molar-refractivity contribution is -0.0134. The van der Waals surface area contributed by atoms with Gasteiger partial charge in [-0.15, -0.1) is 0 Å². The highest BCUT2D eigenvalue weighted by Crippen LogP contribution is 2.16. The molecule has 2 aliphatic heterocycles. The van der Waals surface area contributed by atoms with Crippen LogP contribution in [0.1, 0.15) is 25.3 Å². The second-order valence-electron chi connectivity index (χ2n) is 7.22. The van der Waals surface area contributed by atoms with Gasteiger partial charge in [-0.2, -0.15) is 0 Å². The number of morpholine rings is 1. The molecule has 0 aromatic heterocycles. The van der Waals surface area contributed by atoms with E-state index in [0.29, 0.717) is 25.6 Å². The first-order valence-corrected chi connectivity index (χ1v) is 9.65. The zero-order valence-corrected chi connectivity index (χ0v) is 15.3. The average molecular weight is 345 g/mol. The van der Waals surface area contributed by atoms with Crippen LogP contribution in [0.5, 0.6) is 0 Å². The molecular weight excluding hydrogens is 314 g/mol. The molecule has 1 N–H and O–H groups in total. The van der Waals surface area contributed by atoms with Crippen molar-refractivity contribution in [1.29, 1.82) is 0 Å². The molecule has 1 aromatic rings. The molecule has 0 spiro atoms. The number of carbonyl (C=O) groups is 1. The smallest absolute Gasteiger partial charge is 0.317 e. The van der Waals surface area contributed by atoms with Crippen LogP contribution >= 0.6 is 0 Å². The van der Waals surface area contributed by atoms with E-state index in [-0.39, 0.29) is 12.1 Å². The predicted octanol–water partition coefficient (Wildman–Crippen LogP) is 2.37. The molecule has 3 rings (SSSR count). The summed E-state index contributed by atoms with van der Waals surface area (Å²) in [6.07, 6.45) is 3.41. The Morgan fingerprint density at radius 1 is 1.24 bits per heavy atom. The van der Waals surface area contributed by atoms with E-state index in [4.69, 9.17) is 4.74 Å². The molecule has 138 valence electrons. The van der Waals surface area contributed by atoms with Gasteiger partial charge in [-0.3, -0.25) is 0 Å². The summed E-state index contributed by atoms with van der Waals surface area (Å²) >= 11 is 0. The summed E-state index contributed by atoms with van der Waals surface area (Å²) in [6, 6.07) is 10.4. The first kappa shape index (κ1) is 18.2. The highest BCUT2D eigenvalue weighted by molar-refractivity contribution is 5.74. The molecule has 2 fully saturated rings. The fraction of sp³-hybridized carbons (Fsp3) is 0.650. The van der Waals surface area contributed by atoms with Gasteiger partial charge in [-0.25, -0.2) is 4.79 Å². The van der Waals surface area contributed by atoms with Gasteiger partial charge in [-0.1, -0.05) is 37.3 Å². The number of nitrogens with zero attached hydrogens (tertiary/aromatic N) is 2. The first-order valence-electron chi connectivity index (χ1n) is 9.65. The van der Waals surface area contributed by atoms with Crippen molar-refractivity contribution >= 4 is 6.03 Å². The minimum atomic E-state index is 0.0648. The summed E-state index contributed by atoms with van der Waals surface area (Å²) in [5.74, 6) is 0.582. The maximum atomic E-state index is 12.5. The Morgan fingerprint density at radius 2 is 2.08 bits per heavy atom. The Morgan fingerprint density at radius 3 is 2.88 bits per heavy atom. The summed E-state index contributed by atoms with van der Waals surface area (Å²) in [7, 11) is 0. The molecule has 0 unspecified atom stereocenters. The molecule has 2 aliphatic rings. The number of hydrogen-bond acceptors (Lipinski definition) is 3. The molecule has 2 atom stereocenters. The van der Waals surface area contributed by atoms with Gasteiger partial charge in [0.2, 0.25) is 0 Å². The Balaban J connectivity index is 1.43. The first-order chi connectivity index (χ1) is 12.2. The molecule has 2 saturated heterocycles. The third kappa shape index (κ3) is 5.44. The van der Waals surface area contributed by atoms with Crippen molar-refractivity contribution in [3.63, 3.8) is 0 Å². The van der Waals surface area contributed by atoms with E-state index in [1.165, 1.54) is 24.9 Å². The molecule has 5 heteroatoms. The van der Waals surface area contributed by atoms with Gasteiger partial charge < -0.3 is 19.9 Å². The number of likely N-dealkylation sites (tertiary alicyclic amines) is 1. The van der Waals surface area contributed by atoms with E-state index in [1.54, 1.807) is 0 Å². The van der Waals surface area contributed by atoms with Crippen LogP contribution in [0.25, 0.3) is 0 Å². The standard InChI is InChI=1S/C20H31N3O2/c1-2-22-10-6-9-18(15-22)14-21-20(24)23-11-12-25-19(16-23)13-17-7-4-3-5-8-17/h3-5,7-8,18-19H,2,6,9-16H2,1H3,(H,21,24)/t18-,19+/m0/s1. The number of benzene rings is 1. The number of piperidine rings is 1. The van der Waals surface area contributed by atoms with Gasteiger partial charge in [0.15, 0.2) is 0 Å². The van der Waals surface area contributed by atoms with Crippen molar-refractivity contribution in [3.05, 3.63) is 35.9 Å². The van der Waals surface area contributed by atoms with E-state index in [1.807, 2.05) is 23.1 Å². The fourth-order valence-electron chi connectivity index (χ4n) is 3.85. The van der Waals surface area contributed by atoms with E-state index < -0.39 is 0 Å². The zero-order chi connectivity index (χ0) is 17.5. The molecule has 0 aliphatic carbocycles. The summed E-state index contributed by atoms with van der Waals surface area (Å²) < 4.78 is 5.86. The van der Waals surface area contributed by atoms with Crippen molar-refractivity contribution in [3.8, 4) is 0 Å². The van der Waals surface area contributed by atoms with E-state index in [2.05, 4.69) is 29.3 Å². The van der Waals surface area contributed by atoms with Gasteiger partial charge in [0, 0.05) is 32.6 Å². The van der Waals surface area contributed by atoms with Crippen LogP contribution in [0.2, 0.25) is 0 Å². The van der Waals surface area contributed by atoms with Crippen molar-refractivity contribution in [1.82, 2.24) is 15.1 Å². The minimum absolute atomic E-state index is 0.0648. The third-order valence-electron chi connectivity index (χ3n) is 5.32. The number of hydrogen-bond donors (Lipinski definition) is 1. The molecular formula is C20H31N3O2. The molecule has 1 aromatic carbocycles. The molecule has 0 radical (unpaired) electrons. The van der Waals surface area contributed by atoms with Crippen LogP contribution in [-0.4, -0.2) is 67.8 Å². The number of amides is 2. The molecule has 0 bridgehead atoms. The number of ether oxygens (including phenoxy) is 1. The lowest BCUT2D eigenvalue weighted by atomic mass is 9.98. The van der Waals surface area contributed by atoms with E-state index in [0.717, 1.165) is 26.1 Å². The van der Waals surface area contributed by atoms with Crippen molar-refractivity contribution in [2.45, 2.75) is 32.3 Å². The van der Waals surface area contributed by atoms with Crippen molar-refractivity contribution in [2.24, 2.45) is 5.92 Å². The van der Waals surface area contributed by atoms with Gasteiger partial charge in [0.25, 0.3) is 0 Å². The van der Waals surface area contributed by atoms with Crippen LogP contribution in [0.3, 0.4) is 0 Å². The normalized spacial score (nSPS) is 24.9. The number of urea groups is 1. The molecule has 0 saturated carbocycles. The second kappa shape index (κ2) is 9.20.